The average molecular weight is 382 g/mol. The monoisotopic (exact) mass is 382 g/mol. The van der Waals surface area contributed by atoms with Gasteiger partial charge in [-0.2, -0.15) is 0 Å². The summed E-state index contributed by atoms with van der Waals surface area (Å²) in [5, 5.41) is 3.45. The molecule has 1 aromatic heterocycles. The zero-order valence-corrected chi connectivity index (χ0v) is 16.4. The molecule has 1 N–H and O–H groups in total. The Morgan fingerprint density at radius 2 is 1.74 bits per heavy atom. The number of ether oxygens (including phenoxy) is 2. The van der Waals surface area contributed by atoms with Gasteiger partial charge in [0.25, 0.3) is 5.91 Å². The van der Waals surface area contributed by atoms with E-state index in [1.165, 1.54) is 11.3 Å². The number of hydrogen-bond donors (Lipinski definition) is 1. The van der Waals surface area contributed by atoms with Crippen LogP contribution in [0.5, 0.6) is 11.5 Å². The van der Waals surface area contributed by atoms with Crippen molar-refractivity contribution in [3.05, 3.63) is 59.0 Å². The van der Waals surface area contributed by atoms with Gasteiger partial charge in [-0.1, -0.05) is 12.1 Å². The first-order valence-electron chi connectivity index (χ1n) is 8.86. The van der Waals surface area contributed by atoms with E-state index in [0.717, 1.165) is 21.9 Å². The van der Waals surface area contributed by atoms with Crippen LogP contribution in [0.1, 0.15) is 29.1 Å². The number of rotatable bonds is 7. The summed E-state index contributed by atoms with van der Waals surface area (Å²) in [5.41, 5.74) is 2.34. The van der Waals surface area contributed by atoms with Crippen LogP contribution in [0.15, 0.2) is 48.5 Å². The van der Waals surface area contributed by atoms with Crippen molar-refractivity contribution >= 4 is 22.4 Å². The predicted octanol–water partition coefficient (Wildman–Crippen LogP) is 5.17. The summed E-state index contributed by atoms with van der Waals surface area (Å²) in [5.74, 6) is 1.17. The molecule has 0 unspecified atom stereocenters. The van der Waals surface area contributed by atoms with Gasteiger partial charge in [0.2, 0.25) is 0 Å². The van der Waals surface area contributed by atoms with Crippen molar-refractivity contribution in [2.24, 2.45) is 0 Å². The van der Waals surface area contributed by atoms with Gasteiger partial charge in [0.15, 0.2) is 5.13 Å². The smallest absolute Gasteiger partial charge is 0.261 e. The zero-order chi connectivity index (χ0) is 19.2. The zero-order valence-electron chi connectivity index (χ0n) is 15.6. The lowest BCUT2D eigenvalue weighted by Crippen LogP contribution is -2.13. The summed E-state index contributed by atoms with van der Waals surface area (Å²) in [6.45, 7) is 6.98. The van der Waals surface area contributed by atoms with Crippen LogP contribution < -0.4 is 14.8 Å². The van der Waals surface area contributed by atoms with Crippen LogP contribution in [0.3, 0.4) is 0 Å². The Morgan fingerprint density at radius 1 is 1.04 bits per heavy atom. The Morgan fingerprint density at radius 3 is 2.44 bits per heavy atom. The molecule has 27 heavy (non-hydrogen) atoms. The number of amides is 1. The van der Waals surface area contributed by atoms with E-state index in [0.29, 0.717) is 29.7 Å². The number of carbonyl (C=O) groups is 1. The molecule has 0 aliphatic heterocycles. The Hall–Kier alpha value is -2.86. The van der Waals surface area contributed by atoms with Gasteiger partial charge in [0.05, 0.1) is 24.5 Å². The first-order chi connectivity index (χ1) is 13.1. The topological polar surface area (TPSA) is 60.5 Å². The van der Waals surface area contributed by atoms with E-state index in [2.05, 4.69) is 10.3 Å². The van der Waals surface area contributed by atoms with Gasteiger partial charge in [-0.15, -0.1) is 11.3 Å². The number of thiazole rings is 1. The molecule has 0 bridgehead atoms. The number of para-hydroxylation sites is 1. The van der Waals surface area contributed by atoms with Crippen molar-refractivity contribution in [3.63, 3.8) is 0 Å². The van der Waals surface area contributed by atoms with E-state index < -0.39 is 0 Å². The molecule has 0 radical (unpaired) electrons. The molecule has 1 heterocycles. The van der Waals surface area contributed by atoms with Gasteiger partial charge in [-0.3, -0.25) is 10.1 Å². The molecule has 6 heteroatoms. The van der Waals surface area contributed by atoms with Crippen LogP contribution in [0, 0.1) is 6.92 Å². The van der Waals surface area contributed by atoms with Crippen molar-refractivity contribution in [1.82, 2.24) is 4.98 Å². The van der Waals surface area contributed by atoms with Gasteiger partial charge in [-0.05, 0) is 57.2 Å². The molecule has 0 aliphatic carbocycles. The fourth-order valence-corrected chi connectivity index (χ4v) is 3.52. The molecule has 0 fully saturated rings. The minimum atomic E-state index is -0.231. The molecule has 1 amide bonds. The van der Waals surface area contributed by atoms with Gasteiger partial charge in [0, 0.05) is 10.4 Å². The summed E-state index contributed by atoms with van der Waals surface area (Å²) >= 11 is 1.45. The lowest BCUT2D eigenvalue weighted by atomic mass is 10.1. The van der Waals surface area contributed by atoms with Gasteiger partial charge in [0.1, 0.15) is 11.5 Å². The average Bonchev–Trinajstić information content (AvgIpc) is 3.03. The number of hydrogen-bond acceptors (Lipinski definition) is 5. The number of carbonyl (C=O) groups excluding carboxylic acids is 1. The Bertz CT molecular complexity index is 919. The molecule has 0 saturated carbocycles. The first-order valence-corrected chi connectivity index (χ1v) is 9.67. The van der Waals surface area contributed by atoms with E-state index >= 15 is 0 Å². The quantitative estimate of drug-likeness (QED) is 0.612. The second-order valence-corrected chi connectivity index (χ2v) is 6.97. The molecule has 2 aromatic carbocycles. The maximum absolute atomic E-state index is 12.6. The summed E-state index contributed by atoms with van der Waals surface area (Å²) in [4.78, 5) is 18.3. The number of aromatic nitrogens is 1. The molecule has 140 valence electrons. The second-order valence-electron chi connectivity index (χ2n) is 5.76. The highest BCUT2D eigenvalue weighted by Crippen LogP contribution is 2.32. The van der Waals surface area contributed by atoms with Crippen molar-refractivity contribution in [2.45, 2.75) is 20.8 Å². The van der Waals surface area contributed by atoms with Crippen LogP contribution in [0.25, 0.3) is 11.3 Å². The first kappa shape index (κ1) is 18.9. The maximum Gasteiger partial charge on any atom is 0.261 e. The highest BCUT2D eigenvalue weighted by molar-refractivity contribution is 7.16. The summed E-state index contributed by atoms with van der Waals surface area (Å²) in [6, 6.07) is 15.0. The number of anilines is 1. The standard InChI is InChI=1S/C21H22N2O3S/c1-4-25-16-12-10-15(11-13-16)19-14(3)27-21(22-19)23-20(24)17-8-6-7-9-18(17)26-5-2/h6-13H,4-5H2,1-3H3,(H,22,23,24). The third kappa shape index (κ3) is 4.46. The second kappa shape index (κ2) is 8.68. The molecule has 0 aliphatic rings. The molecule has 3 rings (SSSR count). The molecular weight excluding hydrogens is 360 g/mol. The fraction of sp³-hybridized carbons (Fsp3) is 0.238. The lowest BCUT2D eigenvalue weighted by molar-refractivity contribution is 0.102. The van der Waals surface area contributed by atoms with Crippen LogP contribution in [-0.4, -0.2) is 24.1 Å². The molecule has 5 nitrogen and oxygen atoms in total. The normalized spacial score (nSPS) is 10.5. The van der Waals surface area contributed by atoms with Crippen LogP contribution in [0.2, 0.25) is 0 Å². The summed E-state index contributed by atoms with van der Waals surface area (Å²) in [7, 11) is 0. The number of nitrogens with zero attached hydrogens (tertiary/aromatic N) is 1. The van der Waals surface area contributed by atoms with E-state index in [1.807, 2.05) is 57.2 Å². The summed E-state index contributed by atoms with van der Waals surface area (Å²) in [6.07, 6.45) is 0. The van der Waals surface area contributed by atoms with E-state index in [9.17, 15) is 4.79 Å². The molecule has 0 saturated heterocycles. The van der Waals surface area contributed by atoms with Crippen LogP contribution in [0.4, 0.5) is 5.13 Å². The third-order valence-electron chi connectivity index (χ3n) is 3.89. The minimum Gasteiger partial charge on any atom is -0.494 e. The minimum absolute atomic E-state index is 0.231. The van der Waals surface area contributed by atoms with Gasteiger partial charge < -0.3 is 9.47 Å². The van der Waals surface area contributed by atoms with Crippen molar-refractivity contribution in [1.29, 1.82) is 0 Å². The SMILES string of the molecule is CCOc1ccc(-c2nc(NC(=O)c3ccccc3OCC)sc2C)cc1. The lowest BCUT2D eigenvalue weighted by Gasteiger charge is -2.08. The van der Waals surface area contributed by atoms with E-state index in [4.69, 9.17) is 9.47 Å². The van der Waals surface area contributed by atoms with Gasteiger partial charge in [-0.25, -0.2) is 4.98 Å². The van der Waals surface area contributed by atoms with Crippen molar-refractivity contribution < 1.29 is 14.3 Å². The Labute approximate surface area is 163 Å². The molecule has 0 spiro atoms. The number of benzene rings is 2. The largest absolute Gasteiger partial charge is 0.494 e. The number of nitrogens with one attached hydrogen (secondary N) is 1. The highest BCUT2D eigenvalue weighted by Gasteiger charge is 2.16. The van der Waals surface area contributed by atoms with Gasteiger partial charge >= 0.3 is 0 Å². The predicted molar refractivity (Wildman–Crippen MR) is 109 cm³/mol. The Kier molecular flexibility index (Phi) is 6.08. The van der Waals surface area contributed by atoms with Crippen LogP contribution in [-0.2, 0) is 0 Å². The van der Waals surface area contributed by atoms with E-state index in [1.54, 1.807) is 12.1 Å². The molecule has 3 aromatic rings. The highest BCUT2D eigenvalue weighted by atomic mass is 32.1. The van der Waals surface area contributed by atoms with Crippen LogP contribution >= 0.6 is 11.3 Å². The third-order valence-corrected chi connectivity index (χ3v) is 4.77. The van der Waals surface area contributed by atoms with Crippen molar-refractivity contribution in [2.75, 3.05) is 18.5 Å². The van der Waals surface area contributed by atoms with Crippen molar-refractivity contribution in [3.8, 4) is 22.8 Å². The maximum atomic E-state index is 12.6. The van der Waals surface area contributed by atoms with E-state index in [-0.39, 0.29) is 5.91 Å². The fourth-order valence-electron chi connectivity index (χ4n) is 2.69. The number of aryl methyl sites for hydroxylation is 1. The molecular formula is C21H22N2O3S. The summed E-state index contributed by atoms with van der Waals surface area (Å²) < 4.78 is 11.0. The Balaban J connectivity index is 1.79. The molecule has 0 atom stereocenters.